The lowest BCUT2D eigenvalue weighted by Crippen LogP contribution is -2.47. The Balaban J connectivity index is 1.05. The molecule has 0 aromatic heterocycles. The Morgan fingerprint density at radius 1 is 0.843 bits per heavy atom. The van der Waals surface area contributed by atoms with Crippen molar-refractivity contribution in [1.82, 2.24) is 0 Å². The Morgan fingerprint density at radius 2 is 1.61 bits per heavy atom. The molecule has 6 heteroatoms. The van der Waals surface area contributed by atoms with E-state index >= 15 is 0 Å². The van der Waals surface area contributed by atoms with Crippen LogP contribution in [0.15, 0.2) is 122 Å². The highest BCUT2D eigenvalue weighted by Gasteiger charge is 2.48. The van der Waals surface area contributed by atoms with E-state index in [0.717, 1.165) is 48.1 Å². The Bertz CT molecular complexity index is 2020. The van der Waals surface area contributed by atoms with E-state index < -0.39 is 17.9 Å². The number of hydrogen-bond acceptors (Lipinski definition) is 6. The summed E-state index contributed by atoms with van der Waals surface area (Å²) < 4.78 is 19.7. The van der Waals surface area contributed by atoms with Crippen LogP contribution >= 0.6 is 0 Å². The number of hydrogen-bond donors (Lipinski definition) is 0. The first kappa shape index (κ1) is 33.2. The maximum absolute atomic E-state index is 12.7. The van der Waals surface area contributed by atoms with Crippen molar-refractivity contribution < 1.29 is 28.8 Å². The standard InChI is InChI=1S/C45H42O6/c1-3-30-17-21-34(22-18-30)43(46)48-36-25-19-31(20-26-36)29-47-51-45(2,35-13-5-4-6-14-35)44-49-39-27-23-32-11-7-9-15-37(32)41(39)42-38-16-10-8-12-33(38)24-28-40(42)50-44/h3-7,9,11,13-15,17-22,24-26,28,39,41,44H,1,8,10,12,16,23,27,29H2,2H3/t39-,41+,44?,45-/m1/s1. The van der Waals surface area contributed by atoms with E-state index in [1.165, 1.54) is 40.7 Å². The van der Waals surface area contributed by atoms with Crippen molar-refractivity contribution in [3.63, 3.8) is 0 Å². The minimum absolute atomic E-state index is 0.0723. The van der Waals surface area contributed by atoms with E-state index in [9.17, 15) is 4.79 Å². The first-order chi connectivity index (χ1) is 25.0. The summed E-state index contributed by atoms with van der Waals surface area (Å²) >= 11 is 0. The van der Waals surface area contributed by atoms with Gasteiger partial charge in [-0.1, -0.05) is 97.6 Å². The summed E-state index contributed by atoms with van der Waals surface area (Å²) in [6, 6.07) is 37.5. The van der Waals surface area contributed by atoms with Gasteiger partial charge in [-0.25, -0.2) is 14.6 Å². The van der Waals surface area contributed by atoms with Crippen molar-refractivity contribution in [2.45, 2.75) is 76.0 Å². The van der Waals surface area contributed by atoms with Gasteiger partial charge in [-0.05, 0) is 115 Å². The number of benzene rings is 5. The van der Waals surface area contributed by atoms with E-state index in [0.29, 0.717) is 11.3 Å². The van der Waals surface area contributed by atoms with E-state index in [1.807, 2.05) is 61.5 Å². The van der Waals surface area contributed by atoms with E-state index in [2.05, 4.69) is 43.0 Å². The zero-order valence-corrected chi connectivity index (χ0v) is 28.9. The summed E-state index contributed by atoms with van der Waals surface area (Å²) in [5.41, 5.74) is 8.86. The highest BCUT2D eigenvalue weighted by atomic mass is 17.2. The molecule has 2 aliphatic carbocycles. The molecule has 51 heavy (non-hydrogen) atoms. The molecule has 0 radical (unpaired) electrons. The molecule has 6 nitrogen and oxygen atoms in total. The number of rotatable bonds is 9. The summed E-state index contributed by atoms with van der Waals surface area (Å²) in [6.45, 7) is 5.89. The van der Waals surface area contributed by atoms with Crippen LogP contribution in [-0.2, 0) is 46.0 Å². The van der Waals surface area contributed by atoms with Crippen molar-refractivity contribution in [3.8, 4) is 11.5 Å². The molecular weight excluding hydrogens is 636 g/mol. The molecule has 1 aliphatic heterocycles. The van der Waals surface area contributed by atoms with E-state index in [4.69, 9.17) is 24.0 Å². The van der Waals surface area contributed by atoms with Gasteiger partial charge in [-0.2, -0.15) is 0 Å². The minimum atomic E-state index is -1.11. The Hall–Kier alpha value is -5.01. The third kappa shape index (κ3) is 6.63. The van der Waals surface area contributed by atoms with Crippen LogP contribution in [0.5, 0.6) is 11.5 Å². The monoisotopic (exact) mass is 678 g/mol. The average molecular weight is 679 g/mol. The largest absolute Gasteiger partial charge is 0.461 e. The highest BCUT2D eigenvalue weighted by molar-refractivity contribution is 5.91. The normalized spacial score (nSPS) is 20.2. The molecule has 1 heterocycles. The van der Waals surface area contributed by atoms with Crippen LogP contribution in [0.4, 0.5) is 0 Å². The highest BCUT2D eigenvalue weighted by Crippen LogP contribution is 2.50. The maximum Gasteiger partial charge on any atom is 0.343 e. The number of fused-ring (bicyclic) bond motifs is 7. The molecule has 0 saturated heterocycles. The lowest BCUT2D eigenvalue weighted by molar-refractivity contribution is -0.409. The van der Waals surface area contributed by atoms with Crippen molar-refractivity contribution in [1.29, 1.82) is 0 Å². The smallest absolute Gasteiger partial charge is 0.343 e. The molecule has 0 bridgehead atoms. The van der Waals surface area contributed by atoms with Crippen LogP contribution in [0.3, 0.4) is 0 Å². The van der Waals surface area contributed by atoms with Crippen molar-refractivity contribution in [3.05, 3.63) is 172 Å². The summed E-state index contributed by atoms with van der Waals surface area (Å²) in [5, 5.41) is 0. The first-order valence-corrected chi connectivity index (χ1v) is 17.9. The fraction of sp³-hybridized carbons (Fsp3) is 0.267. The fourth-order valence-electron chi connectivity index (χ4n) is 7.83. The number of esters is 1. The third-order valence-corrected chi connectivity index (χ3v) is 10.6. The molecule has 0 fully saturated rings. The number of ether oxygens (including phenoxy) is 3. The molecule has 0 spiro atoms. The number of carbonyl (C=O) groups excluding carboxylic acids is 1. The zero-order chi connectivity index (χ0) is 34.8. The summed E-state index contributed by atoms with van der Waals surface area (Å²) in [7, 11) is 0. The summed E-state index contributed by atoms with van der Waals surface area (Å²) in [6.07, 6.45) is 7.21. The van der Waals surface area contributed by atoms with Gasteiger partial charge < -0.3 is 14.2 Å². The Morgan fingerprint density at radius 3 is 2.41 bits per heavy atom. The quantitative estimate of drug-likeness (QED) is 0.0670. The van der Waals surface area contributed by atoms with Gasteiger partial charge in [-0.15, -0.1) is 0 Å². The summed E-state index contributed by atoms with van der Waals surface area (Å²) in [5.74, 6) is 0.947. The first-order valence-electron chi connectivity index (χ1n) is 17.9. The van der Waals surface area contributed by atoms with Crippen molar-refractivity contribution >= 4 is 12.0 Å². The molecule has 0 saturated carbocycles. The maximum atomic E-state index is 12.7. The molecular formula is C45H42O6. The molecule has 258 valence electrons. The molecule has 0 amide bonds. The van der Waals surface area contributed by atoms with Crippen molar-refractivity contribution in [2.24, 2.45) is 0 Å². The van der Waals surface area contributed by atoms with Gasteiger partial charge in [0.05, 0.1) is 11.7 Å². The molecule has 0 N–H and O–H groups in total. The van der Waals surface area contributed by atoms with Gasteiger partial charge in [0, 0.05) is 11.5 Å². The number of aryl methyl sites for hydroxylation is 2. The topological polar surface area (TPSA) is 63.2 Å². The van der Waals surface area contributed by atoms with Gasteiger partial charge in [0.25, 0.3) is 0 Å². The zero-order valence-electron chi connectivity index (χ0n) is 28.9. The molecule has 4 atom stereocenters. The second kappa shape index (κ2) is 14.3. The van der Waals surface area contributed by atoms with Crippen LogP contribution in [0.2, 0.25) is 0 Å². The van der Waals surface area contributed by atoms with Crippen LogP contribution in [-0.4, -0.2) is 18.4 Å². The minimum Gasteiger partial charge on any atom is -0.461 e. The lowest BCUT2D eigenvalue weighted by atomic mass is 9.73. The van der Waals surface area contributed by atoms with Gasteiger partial charge in [0.2, 0.25) is 6.29 Å². The SMILES string of the molecule is C=Cc1ccc(C(=O)Oc2ccc(COO[C@](C)(c3ccccc3)C3Oc4ccc5c(c4[C@H]4c6ccccc6CC[C@H]4O3)CCCC5)cc2)cc1. The predicted molar refractivity (Wildman–Crippen MR) is 197 cm³/mol. The van der Waals surface area contributed by atoms with Gasteiger partial charge in [0.1, 0.15) is 18.1 Å². The third-order valence-electron chi connectivity index (χ3n) is 10.6. The number of carbonyl (C=O) groups is 1. The molecule has 3 aliphatic rings. The van der Waals surface area contributed by atoms with Gasteiger partial charge in [0.15, 0.2) is 5.60 Å². The molecule has 8 rings (SSSR count). The van der Waals surface area contributed by atoms with Crippen LogP contribution in [0, 0.1) is 0 Å². The van der Waals surface area contributed by atoms with Crippen LogP contribution in [0.1, 0.15) is 87.0 Å². The molecule has 5 aromatic rings. The second-order valence-corrected chi connectivity index (χ2v) is 13.8. The lowest BCUT2D eigenvalue weighted by Gasteiger charge is -2.38. The van der Waals surface area contributed by atoms with Gasteiger partial charge >= 0.3 is 5.97 Å². The Labute approximate surface area is 299 Å². The predicted octanol–water partition coefficient (Wildman–Crippen LogP) is 9.67. The second-order valence-electron chi connectivity index (χ2n) is 13.8. The summed E-state index contributed by atoms with van der Waals surface area (Å²) in [4.78, 5) is 25.1. The van der Waals surface area contributed by atoms with Crippen LogP contribution in [0.25, 0.3) is 6.08 Å². The van der Waals surface area contributed by atoms with Gasteiger partial charge in [-0.3, -0.25) is 0 Å². The fourth-order valence-corrected chi connectivity index (χ4v) is 7.83. The van der Waals surface area contributed by atoms with E-state index in [-0.39, 0.29) is 18.6 Å². The van der Waals surface area contributed by atoms with Crippen molar-refractivity contribution in [2.75, 3.05) is 0 Å². The Kier molecular flexibility index (Phi) is 9.30. The molecule has 5 aromatic carbocycles. The van der Waals surface area contributed by atoms with E-state index in [1.54, 1.807) is 30.3 Å². The average Bonchev–Trinajstić information content (AvgIpc) is 3.37. The van der Waals surface area contributed by atoms with Crippen LogP contribution < -0.4 is 9.47 Å². The molecule has 1 unspecified atom stereocenters.